The van der Waals surface area contributed by atoms with E-state index >= 15 is 0 Å². The molecule has 1 unspecified atom stereocenters. The molecule has 0 bridgehead atoms. The fourth-order valence-corrected chi connectivity index (χ4v) is 4.21. The summed E-state index contributed by atoms with van der Waals surface area (Å²) in [7, 11) is 0. The molecular weight excluding hydrogens is 296 g/mol. The normalized spacial score (nSPS) is 22.8. The molecule has 1 saturated carbocycles. The second kappa shape index (κ2) is 4.30. The summed E-state index contributed by atoms with van der Waals surface area (Å²) >= 11 is 1.60. The molecular formula is C16H16N4OS. The third-order valence-corrected chi connectivity index (χ3v) is 5.85. The van der Waals surface area contributed by atoms with E-state index < -0.39 is 0 Å². The largest absolute Gasteiger partial charge is 0.391 e. The monoisotopic (exact) mass is 312 g/mol. The van der Waals surface area contributed by atoms with Crippen LogP contribution < -0.4 is 4.90 Å². The van der Waals surface area contributed by atoms with E-state index in [0.29, 0.717) is 6.54 Å². The Morgan fingerprint density at radius 1 is 1.23 bits per heavy atom. The van der Waals surface area contributed by atoms with Crippen molar-refractivity contribution in [2.24, 2.45) is 5.41 Å². The average Bonchev–Trinajstić information content (AvgIpc) is 2.88. The first-order chi connectivity index (χ1) is 10.7. The van der Waals surface area contributed by atoms with Gasteiger partial charge in [-0.3, -0.25) is 0 Å². The number of β-amino-alcohol motifs (C(OH)–C–C–N with tert-alkyl or cyclic N) is 1. The minimum atomic E-state index is -0.205. The molecule has 1 N–H and O–H groups in total. The molecule has 1 saturated heterocycles. The Bertz CT molecular complexity index is 805. The number of imidazole rings is 1. The number of hydrogen-bond acceptors (Lipinski definition) is 5. The number of aromatic nitrogens is 3. The van der Waals surface area contributed by atoms with Crippen LogP contribution in [0.15, 0.2) is 36.5 Å². The Morgan fingerprint density at radius 2 is 2.05 bits per heavy atom. The molecule has 1 aliphatic heterocycles. The lowest BCUT2D eigenvalue weighted by Crippen LogP contribution is -2.21. The molecule has 3 aromatic rings. The quantitative estimate of drug-likeness (QED) is 0.789. The highest BCUT2D eigenvalue weighted by Crippen LogP contribution is 2.53. The molecule has 1 aliphatic carbocycles. The van der Waals surface area contributed by atoms with Crippen LogP contribution in [0.5, 0.6) is 0 Å². The van der Waals surface area contributed by atoms with E-state index in [1.54, 1.807) is 11.3 Å². The number of rotatable bonds is 2. The number of fused-ring (bicyclic) bond motifs is 1. The highest BCUT2D eigenvalue weighted by molar-refractivity contribution is 7.20. The topological polar surface area (TPSA) is 53.7 Å². The van der Waals surface area contributed by atoms with Crippen molar-refractivity contribution in [3.05, 3.63) is 36.5 Å². The number of hydrogen-bond donors (Lipinski definition) is 1. The summed E-state index contributed by atoms with van der Waals surface area (Å²) in [6, 6.07) is 10.2. The minimum Gasteiger partial charge on any atom is -0.391 e. The third kappa shape index (κ3) is 1.80. The molecule has 22 heavy (non-hydrogen) atoms. The molecule has 5 rings (SSSR count). The molecule has 1 aromatic carbocycles. The van der Waals surface area contributed by atoms with Crippen molar-refractivity contribution in [3.8, 4) is 11.3 Å². The van der Waals surface area contributed by atoms with Gasteiger partial charge in [0.2, 0.25) is 10.1 Å². The van der Waals surface area contributed by atoms with Crippen molar-refractivity contribution in [2.75, 3.05) is 18.0 Å². The predicted molar refractivity (Wildman–Crippen MR) is 86.2 cm³/mol. The maximum Gasteiger partial charge on any atom is 0.214 e. The van der Waals surface area contributed by atoms with Gasteiger partial charge in [-0.25, -0.2) is 9.50 Å². The lowest BCUT2D eigenvalue weighted by molar-refractivity contribution is 0.136. The van der Waals surface area contributed by atoms with Crippen molar-refractivity contribution >= 4 is 21.4 Å². The van der Waals surface area contributed by atoms with Crippen molar-refractivity contribution < 1.29 is 5.11 Å². The van der Waals surface area contributed by atoms with Gasteiger partial charge in [-0.1, -0.05) is 41.7 Å². The molecule has 0 radical (unpaired) electrons. The molecule has 2 fully saturated rings. The van der Waals surface area contributed by atoms with Gasteiger partial charge in [-0.2, -0.15) is 0 Å². The van der Waals surface area contributed by atoms with Gasteiger partial charge in [0.15, 0.2) is 0 Å². The van der Waals surface area contributed by atoms with E-state index in [1.165, 1.54) is 0 Å². The van der Waals surface area contributed by atoms with Crippen molar-refractivity contribution in [1.82, 2.24) is 14.6 Å². The van der Waals surface area contributed by atoms with E-state index in [4.69, 9.17) is 0 Å². The van der Waals surface area contributed by atoms with Crippen molar-refractivity contribution in [2.45, 2.75) is 18.9 Å². The first kappa shape index (κ1) is 12.6. The SMILES string of the molecule is OC1CN(c2nn3cc(-c4ccccc4)nc3s2)CC12CC2. The number of anilines is 1. The van der Waals surface area contributed by atoms with Crippen molar-refractivity contribution in [3.63, 3.8) is 0 Å². The van der Waals surface area contributed by atoms with Crippen LogP contribution >= 0.6 is 11.3 Å². The van der Waals surface area contributed by atoms with Crippen molar-refractivity contribution in [1.29, 1.82) is 0 Å². The molecule has 5 nitrogen and oxygen atoms in total. The number of aliphatic hydroxyl groups is 1. The molecule has 0 amide bonds. The molecule has 1 spiro atoms. The summed E-state index contributed by atoms with van der Waals surface area (Å²) in [5, 5.41) is 15.8. The summed E-state index contributed by atoms with van der Waals surface area (Å²) in [5.41, 5.74) is 2.21. The zero-order chi connectivity index (χ0) is 14.7. The van der Waals surface area contributed by atoms with Crippen LogP contribution in [0, 0.1) is 5.41 Å². The van der Waals surface area contributed by atoms with E-state index in [2.05, 4.69) is 27.1 Å². The van der Waals surface area contributed by atoms with Gasteiger partial charge in [0.25, 0.3) is 0 Å². The van der Waals surface area contributed by atoms with Gasteiger partial charge in [0.1, 0.15) is 0 Å². The highest BCUT2D eigenvalue weighted by atomic mass is 32.1. The number of aliphatic hydroxyl groups excluding tert-OH is 1. The van der Waals surface area contributed by atoms with Crippen LogP contribution in [-0.4, -0.2) is 38.9 Å². The van der Waals surface area contributed by atoms with E-state index in [9.17, 15) is 5.11 Å². The Labute approximate surface area is 131 Å². The minimum absolute atomic E-state index is 0.156. The summed E-state index contributed by atoms with van der Waals surface area (Å²) in [6.45, 7) is 1.62. The summed E-state index contributed by atoms with van der Waals surface area (Å²) < 4.78 is 1.85. The van der Waals surface area contributed by atoms with Crippen LogP contribution in [0.1, 0.15) is 12.8 Å². The van der Waals surface area contributed by atoms with Gasteiger partial charge in [0, 0.05) is 24.1 Å². The summed E-state index contributed by atoms with van der Waals surface area (Å²) in [5.74, 6) is 0. The van der Waals surface area contributed by atoms with Crippen LogP contribution in [0.25, 0.3) is 16.2 Å². The van der Waals surface area contributed by atoms with Gasteiger partial charge < -0.3 is 10.0 Å². The fraction of sp³-hybridized carbons (Fsp3) is 0.375. The van der Waals surface area contributed by atoms with E-state index in [-0.39, 0.29) is 11.5 Å². The van der Waals surface area contributed by atoms with Gasteiger partial charge in [-0.15, -0.1) is 5.10 Å². The van der Waals surface area contributed by atoms with Gasteiger partial charge >= 0.3 is 0 Å². The van der Waals surface area contributed by atoms with Gasteiger partial charge in [-0.05, 0) is 12.8 Å². The van der Waals surface area contributed by atoms with Crippen LogP contribution in [0.4, 0.5) is 5.13 Å². The number of nitrogens with zero attached hydrogens (tertiary/aromatic N) is 4. The Kier molecular flexibility index (Phi) is 2.46. The maximum atomic E-state index is 10.2. The fourth-order valence-electron chi connectivity index (χ4n) is 3.32. The first-order valence-electron chi connectivity index (χ1n) is 7.58. The molecule has 2 aromatic heterocycles. The zero-order valence-electron chi connectivity index (χ0n) is 12.0. The van der Waals surface area contributed by atoms with Crippen LogP contribution in [-0.2, 0) is 0 Å². The maximum absolute atomic E-state index is 10.2. The lowest BCUT2D eigenvalue weighted by atomic mass is 10.0. The molecule has 6 heteroatoms. The predicted octanol–water partition coefficient (Wildman–Crippen LogP) is 2.42. The summed E-state index contributed by atoms with van der Waals surface area (Å²) in [4.78, 5) is 7.79. The van der Waals surface area contributed by atoms with E-state index in [0.717, 1.165) is 40.7 Å². The Hall–Kier alpha value is -1.92. The van der Waals surface area contributed by atoms with Crippen LogP contribution in [0.3, 0.4) is 0 Å². The Morgan fingerprint density at radius 3 is 2.73 bits per heavy atom. The molecule has 112 valence electrons. The molecule has 3 heterocycles. The Balaban J connectivity index is 1.47. The molecule has 1 atom stereocenters. The van der Waals surface area contributed by atoms with Gasteiger partial charge in [0.05, 0.1) is 18.0 Å². The second-order valence-corrected chi connectivity index (χ2v) is 7.30. The third-order valence-electron chi connectivity index (χ3n) is 4.87. The highest BCUT2D eigenvalue weighted by Gasteiger charge is 2.55. The first-order valence-corrected chi connectivity index (χ1v) is 8.40. The van der Waals surface area contributed by atoms with Crippen LogP contribution in [0.2, 0.25) is 0 Å². The smallest absolute Gasteiger partial charge is 0.214 e. The zero-order valence-corrected chi connectivity index (χ0v) is 12.8. The van der Waals surface area contributed by atoms with E-state index in [1.807, 2.05) is 28.9 Å². The average molecular weight is 312 g/mol. The standard InChI is InChI=1S/C16H16N4OS/c21-13-9-19(10-16(13)6-7-16)15-18-20-8-12(17-14(20)22-15)11-4-2-1-3-5-11/h1-5,8,13,21H,6-7,9-10H2. The number of benzene rings is 1. The summed E-state index contributed by atoms with van der Waals surface area (Å²) in [6.07, 6.45) is 4.06. The molecule has 2 aliphatic rings. The lowest BCUT2D eigenvalue weighted by Gasteiger charge is -2.12. The second-order valence-electron chi connectivity index (χ2n) is 6.36.